The summed E-state index contributed by atoms with van der Waals surface area (Å²) in [6.45, 7) is 0. The fourth-order valence-electron chi connectivity index (χ4n) is 6.05. The summed E-state index contributed by atoms with van der Waals surface area (Å²) in [5.41, 5.74) is -3.97. The molecule has 32 heteroatoms. The summed E-state index contributed by atoms with van der Waals surface area (Å²) in [6.07, 6.45) is 1.80. The van der Waals surface area contributed by atoms with E-state index in [0.717, 1.165) is 36.4 Å². The van der Waals surface area contributed by atoms with E-state index in [1.807, 2.05) is 0 Å². The first-order chi connectivity index (χ1) is 30.2. The van der Waals surface area contributed by atoms with Crippen molar-refractivity contribution in [2.75, 3.05) is 0 Å². The fourth-order valence-corrected chi connectivity index (χ4v) is 9.84. The molecular weight excluding hydrogens is 1010 g/mol. The predicted molar refractivity (Wildman–Crippen MR) is 224 cm³/mol. The molecule has 0 radical (unpaired) electrons. The zero-order valence-corrected chi connectivity index (χ0v) is 36.6. The molecule has 0 spiro atoms. The zero-order chi connectivity index (χ0) is 49.3. The molecule has 0 saturated carbocycles. The molecule has 6 rings (SSSR count). The number of phenolic OH excluding ortho intramolecular Hbond substituents is 4. The molecule has 66 heavy (non-hydrogen) atoms. The summed E-state index contributed by atoms with van der Waals surface area (Å²) in [5.74, 6) is -4.43. The number of azo groups is 2. The molecule has 6 aromatic rings. The van der Waals surface area contributed by atoms with Crippen LogP contribution in [0, 0.1) is 0 Å². The minimum absolute atomic E-state index is 0.412. The van der Waals surface area contributed by atoms with Gasteiger partial charge in [-0.05, 0) is 70.4 Å². The van der Waals surface area contributed by atoms with Gasteiger partial charge in [0, 0.05) is 12.1 Å². The van der Waals surface area contributed by atoms with E-state index in [1.54, 1.807) is 0 Å². The van der Waals surface area contributed by atoms with Gasteiger partial charge in [0.05, 0.1) is 31.9 Å². The van der Waals surface area contributed by atoms with Gasteiger partial charge in [0.1, 0.15) is 42.5 Å². The molecule has 0 atom stereocenters. The third kappa shape index (κ3) is 10.1. The Morgan fingerprint density at radius 2 is 0.682 bits per heavy atom. The van der Waals surface area contributed by atoms with Crippen LogP contribution in [0.1, 0.15) is 11.1 Å². The molecule has 0 fully saturated rings. The molecular formula is C34H24N4O22S6. The zero-order valence-electron chi connectivity index (χ0n) is 31.7. The van der Waals surface area contributed by atoms with Gasteiger partial charge >= 0.3 is 0 Å². The normalized spacial score (nSPS) is 13.5. The van der Waals surface area contributed by atoms with Crippen molar-refractivity contribution in [3.63, 3.8) is 0 Å². The van der Waals surface area contributed by atoms with Crippen LogP contribution in [0.5, 0.6) is 23.0 Å². The predicted octanol–water partition coefficient (Wildman–Crippen LogP) is 5.30. The van der Waals surface area contributed by atoms with Crippen LogP contribution in [0.25, 0.3) is 33.7 Å². The third-order valence-corrected chi connectivity index (χ3v) is 14.1. The molecule has 26 nitrogen and oxygen atoms in total. The molecule has 0 heterocycles. The average molecular weight is 1030 g/mol. The van der Waals surface area contributed by atoms with Crippen LogP contribution in [0.3, 0.4) is 0 Å². The van der Waals surface area contributed by atoms with Gasteiger partial charge in [-0.15, -0.1) is 10.2 Å². The molecule has 348 valence electrons. The van der Waals surface area contributed by atoms with E-state index in [4.69, 9.17) is 0 Å². The molecule has 0 saturated heterocycles. The second kappa shape index (κ2) is 16.7. The van der Waals surface area contributed by atoms with Crippen LogP contribution >= 0.6 is 0 Å². The number of aromatic hydroxyl groups is 4. The van der Waals surface area contributed by atoms with E-state index in [0.29, 0.717) is 48.5 Å². The summed E-state index contributed by atoms with van der Waals surface area (Å²) in [6, 6.07) is 8.51. The van der Waals surface area contributed by atoms with Crippen LogP contribution in [-0.4, -0.2) is 98.2 Å². The maximum Gasteiger partial charge on any atom is 0.296 e. The minimum Gasteiger partial charge on any atom is -0.507 e. The van der Waals surface area contributed by atoms with Gasteiger partial charge < -0.3 is 20.4 Å². The lowest BCUT2D eigenvalue weighted by Crippen LogP contribution is -2.02. The van der Waals surface area contributed by atoms with E-state index in [2.05, 4.69) is 20.5 Å². The lowest BCUT2D eigenvalue weighted by molar-refractivity contribution is 0.457. The summed E-state index contributed by atoms with van der Waals surface area (Å²) in [5, 5.41) is 54.5. The van der Waals surface area contributed by atoms with Crippen molar-refractivity contribution in [3.8, 4) is 23.0 Å². The number of rotatable bonds is 12. The van der Waals surface area contributed by atoms with Crippen LogP contribution in [0.15, 0.2) is 123 Å². The van der Waals surface area contributed by atoms with Crippen molar-refractivity contribution in [2.24, 2.45) is 20.5 Å². The quantitative estimate of drug-likeness (QED) is 0.0422. The van der Waals surface area contributed by atoms with Gasteiger partial charge in [-0.1, -0.05) is 24.3 Å². The Morgan fingerprint density at radius 1 is 0.364 bits per heavy atom. The van der Waals surface area contributed by atoms with Crippen LogP contribution in [0.4, 0.5) is 22.7 Å². The highest BCUT2D eigenvalue weighted by atomic mass is 32.2. The lowest BCUT2D eigenvalue weighted by atomic mass is 10.1. The maximum atomic E-state index is 12.5. The van der Waals surface area contributed by atoms with E-state index in [1.165, 1.54) is 0 Å². The van der Waals surface area contributed by atoms with Crippen molar-refractivity contribution >= 4 is 117 Å². The first-order valence-electron chi connectivity index (χ1n) is 16.9. The van der Waals surface area contributed by atoms with E-state index < -0.39 is 169 Å². The topological polar surface area (TPSA) is 457 Å². The highest BCUT2D eigenvalue weighted by Gasteiger charge is 2.28. The Bertz CT molecular complexity index is 3660. The van der Waals surface area contributed by atoms with E-state index in [-0.39, 0.29) is 0 Å². The summed E-state index contributed by atoms with van der Waals surface area (Å²) in [7, 11) is -31.1. The van der Waals surface area contributed by atoms with Crippen molar-refractivity contribution in [1.29, 1.82) is 0 Å². The van der Waals surface area contributed by atoms with Gasteiger partial charge in [-0.3, -0.25) is 27.3 Å². The number of hydrogen-bond donors (Lipinski definition) is 10. The standard InChI is InChI=1S/C34H24N4O22S6/c39-23-13-21(61(43,44)45)7-17-9-27(65(55,56)57)31(33(41)29(17)23)37-35-19-5-3-15(25(11-19)63(49,50)51)1-2-16-4-6-20(12-26(16)64(52,53)54)36-38-32-28(66(58,59)60)10-18-8-22(62(46,47)48)14-24(40)30(18)34(32)42/h1-14,39-42H,(H,43,44,45)(H,46,47,48)(H,49,50,51)(H,52,53,54)(H,55,56,57)(H,58,59,60)/b2-1+,37-35?,38-36?. The van der Waals surface area contributed by atoms with Gasteiger partial charge in [0.15, 0.2) is 11.5 Å². The lowest BCUT2D eigenvalue weighted by Gasteiger charge is -2.11. The SMILES string of the molecule is O=S(=O)(O)c1cc(O)c2c(O)c(N=Nc3ccc(/C=C/c4ccc(N=Nc5c(S(=O)(=O)O)cc6cc(S(=O)(=O)O)cc(O)c6c5O)cc4S(=O)(=O)O)c(S(=O)(=O)O)c3)c(S(=O)(=O)O)cc2c1. The van der Waals surface area contributed by atoms with Crippen molar-refractivity contribution < 1.29 is 98.2 Å². The Kier molecular flexibility index (Phi) is 12.4. The second-order valence-electron chi connectivity index (χ2n) is 13.3. The molecule has 0 aliphatic heterocycles. The van der Waals surface area contributed by atoms with Crippen LogP contribution < -0.4 is 0 Å². The molecule has 0 bridgehead atoms. The highest BCUT2D eigenvalue weighted by molar-refractivity contribution is 7.87. The van der Waals surface area contributed by atoms with Crippen LogP contribution in [-0.2, 0) is 60.7 Å². The molecule has 0 aliphatic rings. The van der Waals surface area contributed by atoms with Crippen LogP contribution in [0.2, 0.25) is 0 Å². The number of benzene rings is 6. The maximum absolute atomic E-state index is 12.5. The van der Waals surface area contributed by atoms with Crippen molar-refractivity contribution in [2.45, 2.75) is 29.4 Å². The minimum atomic E-state index is -5.34. The van der Waals surface area contributed by atoms with Gasteiger partial charge in [-0.2, -0.15) is 60.7 Å². The Hall–Kier alpha value is -6.56. The van der Waals surface area contributed by atoms with Crippen molar-refractivity contribution in [1.82, 2.24) is 0 Å². The number of nitrogens with zero attached hydrogens (tertiary/aromatic N) is 4. The number of phenols is 4. The van der Waals surface area contributed by atoms with E-state index >= 15 is 0 Å². The Balaban J connectivity index is 1.40. The molecule has 0 aliphatic carbocycles. The summed E-state index contributed by atoms with van der Waals surface area (Å²) >= 11 is 0. The first-order valence-corrected chi connectivity index (χ1v) is 25.5. The monoisotopic (exact) mass is 1030 g/mol. The Morgan fingerprint density at radius 3 is 0.970 bits per heavy atom. The van der Waals surface area contributed by atoms with Gasteiger partial charge in [0.25, 0.3) is 60.7 Å². The van der Waals surface area contributed by atoms with E-state index in [9.17, 15) is 98.2 Å². The number of fused-ring (bicyclic) bond motifs is 2. The summed E-state index contributed by atoms with van der Waals surface area (Å²) in [4.78, 5) is -6.23. The van der Waals surface area contributed by atoms with Crippen molar-refractivity contribution in [3.05, 3.63) is 83.9 Å². The second-order valence-corrected chi connectivity index (χ2v) is 21.7. The molecule has 6 aromatic carbocycles. The molecule has 10 N–H and O–H groups in total. The first kappa shape index (κ1) is 48.9. The Labute approximate surface area is 370 Å². The van der Waals surface area contributed by atoms with Gasteiger partial charge in [0.2, 0.25) is 0 Å². The largest absolute Gasteiger partial charge is 0.507 e. The average Bonchev–Trinajstić information content (AvgIpc) is 3.16. The highest BCUT2D eigenvalue weighted by Crippen LogP contribution is 2.47. The summed E-state index contributed by atoms with van der Waals surface area (Å²) < 4.78 is 204. The third-order valence-electron chi connectivity index (χ3n) is 8.88. The number of hydrogen-bond acceptors (Lipinski definition) is 20. The smallest absolute Gasteiger partial charge is 0.296 e. The molecule has 0 aromatic heterocycles. The molecule has 0 amide bonds. The molecule has 0 unspecified atom stereocenters. The fraction of sp³-hybridized carbons (Fsp3) is 0. The van der Waals surface area contributed by atoms with Gasteiger partial charge in [-0.25, -0.2) is 0 Å².